The second-order valence-electron chi connectivity index (χ2n) is 5.75. The first-order chi connectivity index (χ1) is 10.5. The van der Waals surface area contributed by atoms with Crippen LogP contribution < -0.4 is 0 Å². The molecule has 2 unspecified atom stereocenters. The van der Waals surface area contributed by atoms with Gasteiger partial charge in [0, 0.05) is 32.6 Å². The van der Waals surface area contributed by atoms with Gasteiger partial charge in [-0.1, -0.05) is 18.2 Å². The molecule has 0 aliphatic carbocycles. The largest absolute Gasteiger partial charge is 0.461 e. The van der Waals surface area contributed by atoms with Gasteiger partial charge in [0.05, 0.1) is 4.90 Å². The number of hydrogen-bond donors (Lipinski definition) is 0. The van der Waals surface area contributed by atoms with E-state index in [4.69, 9.17) is 4.74 Å². The molecule has 1 aromatic rings. The monoisotopic (exact) mass is 324 g/mol. The number of nitrogens with zero attached hydrogens (tertiary/aromatic N) is 2. The summed E-state index contributed by atoms with van der Waals surface area (Å²) in [4.78, 5) is 14.1. The van der Waals surface area contributed by atoms with E-state index in [1.807, 2.05) is 11.8 Å². The van der Waals surface area contributed by atoms with Crippen LogP contribution in [0.25, 0.3) is 0 Å². The van der Waals surface area contributed by atoms with Crippen LogP contribution in [0.3, 0.4) is 0 Å². The van der Waals surface area contributed by atoms with Gasteiger partial charge in [0.25, 0.3) is 0 Å². The van der Waals surface area contributed by atoms with Gasteiger partial charge in [0.15, 0.2) is 0 Å². The Kier molecular flexibility index (Phi) is 4.20. The summed E-state index contributed by atoms with van der Waals surface area (Å²) in [5, 5.41) is 0. The molecule has 3 rings (SSSR count). The molecular formula is C15H20N2O4S. The smallest absolute Gasteiger partial charge is 0.323 e. The van der Waals surface area contributed by atoms with Crippen molar-refractivity contribution in [3.8, 4) is 0 Å². The fourth-order valence-corrected chi connectivity index (χ4v) is 4.47. The first-order valence-corrected chi connectivity index (χ1v) is 8.92. The van der Waals surface area contributed by atoms with Crippen LogP contribution >= 0.6 is 0 Å². The Morgan fingerprint density at radius 3 is 2.27 bits per heavy atom. The number of piperazine rings is 1. The SMILES string of the molecule is CC1CC(N2CCN(S(=O)(=O)c3ccccc3)CC2)C(=O)O1. The number of sulfonamides is 1. The zero-order chi connectivity index (χ0) is 15.7. The minimum Gasteiger partial charge on any atom is -0.461 e. The van der Waals surface area contributed by atoms with Crippen LogP contribution in [0.15, 0.2) is 35.2 Å². The maximum atomic E-state index is 12.5. The quantitative estimate of drug-likeness (QED) is 0.766. The van der Waals surface area contributed by atoms with Gasteiger partial charge in [-0.3, -0.25) is 9.69 Å². The molecule has 2 saturated heterocycles. The fraction of sp³-hybridized carbons (Fsp3) is 0.533. The average Bonchev–Trinajstić information content (AvgIpc) is 2.87. The van der Waals surface area contributed by atoms with E-state index in [0.29, 0.717) is 37.5 Å². The van der Waals surface area contributed by atoms with Crippen LogP contribution in [0.4, 0.5) is 0 Å². The number of hydrogen-bond acceptors (Lipinski definition) is 5. The lowest BCUT2D eigenvalue weighted by Gasteiger charge is -2.35. The van der Waals surface area contributed by atoms with Crippen molar-refractivity contribution in [2.45, 2.75) is 30.4 Å². The highest BCUT2D eigenvalue weighted by molar-refractivity contribution is 7.89. The lowest BCUT2D eigenvalue weighted by molar-refractivity contribution is -0.145. The van der Waals surface area contributed by atoms with Crippen molar-refractivity contribution in [2.24, 2.45) is 0 Å². The van der Waals surface area contributed by atoms with Gasteiger partial charge in [-0.15, -0.1) is 0 Å². The fourth-order valence-electron chi connectivity index (χ4n) is 3.03. The number of cyclic esters (lactones) is 1. The topological polar surface area (TPSA) is 66.9 Å². The van der Waals surface area contributed by atoms with Crippen molar-refractivity contribution < 1.29 is 17.9 Å². The molecule has 0 N–H and O–H groups in total. The highest BCUT2D eigenvalue weighted by atomic mass is 32.2. The van der Waals surface area contributed by atoms with Crippen molar-refractivity contribution in [2.75, 3.05) is 26.2 Å². The molecule has 0 amide bonds. The van der Waals surface area contributed by atoms with Gasteiger partial charge in [0.2, 0.25) is 10.0 Å². The van der Waals surface area contributed by atoms with E-state index in [-0.39, 0.29) is 18.1 Å². The third-order valence-corrected chi connectivity index (χ3v) is 6.15. The molecule has 0 spiro atoms. The Balaban J connectivity index is 1.66. The molecule has 7 heteroatoms. The Morgan fingerprint density at radius 1 is 1.09 bits per heavy atom. The maximum absolute atomic E-state index is 12.5. The van der Waals surface area contributed by atoms with Crippen molar-refractivity contribution in [3.05, 3.63) is 30.3 Å². The zero-order valence-corrected chi connectivity index (χ0v) is 13.3. The van der Waals surface area contributed by atoms with E-state index in [0.717, 1.165) is 0 Å². The number of benzene rings is 1. The predicted molar refractivity (Wildman–Crippen MR) is 80.7 cm³/mol. The summed E-state index contributed by atoms with van der Waals surface area (Å²) in [5.74, 6) is -0.188. The zero-order valence-electron chi connectivity index (χ0n) is 12.5. The second kappa shape index (κ2) is 5.98. The van der Waals surface area contributed by atoms with E-state index < -0.39 is 10.0 Å². The summed E-state index contributed by atoms with van der Waals surface area (Å²) < 4.78 is 31.8. The van der Waals surface area contributed by atoms with E-state index in [9.17, 15) is 13.2 Å². The molecule has 22 heavy (non-hydrogen) atoms. The molecule has 2 aliphatic rings. The Labute approximate surface area is 130 Å². The van der Waals surface area contributed by atoms with Crippen LogP contribution in [-0.4, -0.2) is 61.9 Å². The molecule has 0 aromatic heterocycles. The third kappa shape index (κ3) is 2.88. The lowest BCUT2D eigenvalue weighted by Crippen LogP contribution is -2.53. The highest BCUT2D eigenvalue weighted by Gasteiger charge is 2.39. The van der Waals surface area contributed by atoms with Crippen molar-refractivity contribution in [1.29, 1.82) is 0 Å². The van der Waals surface area contributed by atoms with Gasteiger partial charge in [-0.25, -0.2) is 8.42 Å². The van der Waals surface area contributed by atoms with Gasteiger partial charge in [-0.05, 0) is 19.1 Å². The molecule has 6 nitrogen and oxygen atoms in total. The minimum atomic E-state index is -3.44. The number of carbonyl (C=O) groups excluding carboxylic acids is 1. The maximum Gasteiger partial charge on any atom is 0.323 e. The van der Waals surface area contributed by atoms with Gasteiger partial charge < -0.3 is 4.74 Å². The number of rotatable bonds is 3. The highest BCUT2D eigenvalue weighted by Crippen LogP contribution is 2.23. The summed E-state index contributed by atoms with van der Waals surface area (Å²) in [6.45, 7) is 3.79. The van der Waals surface area contributed by atoms with Crippen LogP contribution in [0, 0.1) is 0 Å². The molecular weight excluding hydrogens is 304 g/mol. The third-order valence-electron chi connectivity index (χ3n) is 4.24. The average molecular weight is 324 g/mol. The van der Waals surface area contributed by atoms with Crippen LogP contribution in [0.5, 0.6) is 0 Å². The van der Waals surface area contributed by atoms with Crippen LogP contribution in [0.1, 0.15) is 13.3 Å². The first kappa shape index (κ1) is 15.5. The Bertz CT molecular complexity index is 639. The molecule has 1 aromatic carbocycles. The molecule has 0 bridgehead atoms. The van der Waals surface area contributed by atoms with E-state index >= 15 is 0 Å². The molecule has 0 radical (unpaired) electrons. The second-order valence-corrected chi connectivity index (χ2v) is 7.69. The van der Waals surface area contributed by atoms with Gasteiger partial charge in [0.1, 0.15) is 12.1 Å². The summed E-state index contributed by atoms with van der Waals surface area (Å²) in [6, 6.07) is 8.23. The van der Waals surface area contributed by atoms with E-state index in [1.165, 1.54) is 4.31 Å². The minimum absolute atomic E-state index is 0.0522. The van der Waals surface area contributed by atoms with Crippen molar-refractivity contribution >= 4 is 16.0 Å². The molecule has 2 atom stereocenters. The number of carbonyl (C=O) groups is 1. The normalized spacial score (nSPS) is 27.8. The first-order valence-electron chi connectivity index (χ1n) is 7.48. The summed E-state index contributed by atoms with van der Waals surface area (Å²) >= 11 is 0. The van der Waals surface area contributed by atoms with E-state index in [2.05, 4.69) is 0 Å². The summed E-state index contributed by atoms with van der Waals surface area (Å²) in [7, 11) is -3.44. The lowest BCUT2D eigenvalue weighted by atomic mass is 10.1. The molecule has 120 valence electrons. The molecule has 0 saturated carbocycles. The van der Waals surface area contributed by atoms with E-state index in [1.54, 1.807) is 30.3 Å². The van der Waals surface area contributed by atoms with Crippen molar-refractivity contribution in [1.82, 2.24) is 9.21 Å². The predicted octanol–water partition coefficient (Wildman–Crippen LogP) is 0.697. The molecule has 2 aliphatic heterocycles. The van der Waals surface area contributed by atoms with Gasteiger partial charge >= 0.3 is 5.97 Å². The number of esters is 1. The summed E-state index contributed by atoms with van der Waals surface area (Å²) in [5.41, 5.74) is 0. The van der Waals surface area contributed by atoms with Gasteiger partial charge in [-0.2, -0.15) is 4.31 Å². The van der Waals surface area contributed by atoms with Crippen molar-refractivity contribution in [3.63, 3.8) is 0 Å². The Morgan fingerprint density at radius 2 is 1.73 bits per heavy atom. The summed E-state index contributed by atoms with van der Waals surface area (Å²) in [6.07, 6.45) is 0.633. The molecule has 2 fully saturated rings. The van der Waals surface area contributed by atoms with Crippen LogP contribution in [-0.2, 0) is 19.6 Å². The molecule has 2 heterocycles. The number of ether oxygens (including phenoxy) is 1. The Hall–Kier alpha value is -1.44. The van der Waals surface area contributed by atoms with Crippen LogP contribution in [0.2, 0.25) is 0 Å². The standard InChI is InChI=1S/C15H20N2O4S/c1-12-11-14(15(18)21-12)16-7-9-17(10-8-16)22(19,20)13-5-3-2-4-6-13/h2-6,12,14H,7-11H2,1H3.